The van der Waals surface area contributed by atoms with Crippen LogP contribution in [0, 0.1) is 0 Å². The van der Waals surface area contributed by atoms with Gasteiger partial charge in [-0.15, -0.1) is 0 Å². The SMILES string of the molecule is CN(CC1(O)CCOCC1)c1cccc(C(N)=O)c1N. The highest BCUT2D eigenvalue weighted by molar-refractivity contribution is 6.00. The molecule has 0 radical (unpaired) electrons. The molecule has 0 bridgehead atoms. The lowest BCUT2D eigenvalue weighted by Crippen LogP contribution is -2.46. The molecular weight excluding hydrogens is 258 g/mol. The molecule has 1 aliphatic heterocycles. The van der Waals surface area contributed by atoms with E-state index in [1.165, 1.54) is 0 Å². The largest absolute Gasteiger partial charge is 0.396 e. The lowest BCUT2D eigenvalue weighted by atomic mass is 9.93. The lowest BCUT2D eigenvalue weighted by molar-refractivity contribution is -0.0572. The molecule has 2 rings (SSSR count). The van der Waals surface area contributed by atoms with Crippen molar-refractivity contribution in [2.45, 2.75) is 18.4 Å². The van der Waals surface area contributed by atoms with Crippen molar-refractivity contribution in [3.05, 3.63) is 23.8 Å². The summed E-state index contributed by atoms with van der Waals surface area (Å²) < 4.78 is 5.26. The van der Waals surface area contributed by atoms with Gasteiger partial charge in [0.15, 0.2) is 0 Å². The summed E-state index contributed by atoms with van der Waals surface area (Å²) in [5.74, 6) is -0.553. The minimum Gasteiger partial charge on any atom is -0.396 e. The highest BCUT2D eigenvalue weighted by Gasteiger charge is 2.31. The Hall–Kier alpha value is -1.79. The van der Waals surface area contributed by atoms with E-state index in [1.54, 1.807) is 12.1 Å². The fourth-order valence-electron chi connectivity index (χ4n) is 2.54. The molecule has 0 saturated carbocycles. The van der Waals surface area contributed by atoms with E-state index in [9.17, 15) is 9.90 Å². The van der Waals surface area contributed by atoms with Gasteiger partial charge in [0.25, 0.3) is 5.91 Å². The Bertz CT molecular complexity index is 498. The van der Waals surface area contributed by atoms with Gasteiger partial charge in [0, 0.05) is 39.6 Å². The summed E-state index contributed by atoms with van der Waals surface area (Å²) in [5.41, 5.74) is 11.8. The Morgan fingerprint density at radius 2 is 2.10 bits per heavy atom. The van der Waals surface area contributed by atoms with Crippen LogP contribution >= 0.6 is 0 Å². The fraction of sp³-hybridized carbons (Fsp3) is 0.500. The summed E-state index contributed by atoms with van der Waals surface area (Å²) in [6, 6.07) is 5.14. The first-order valence-electron chi connectivity index (χ1n) is 6.62. The van der Waals surface area contributed by atoms with Crippen molar-refractivity contribution in [2.75, 3.05) is 37.4 Å². The summed E-state index contributed by atoms with van der Waals surface area (Å²) in [6.07, 6.45) is 1.18. The highest BCUT2D eigenvalue weighted by atomic mass is 16.5. The van der Waals surface area contributed by atoms with Crippen LogP contribution in [0.4, 0.5) is 11.4 Å². The number of para-hydroxylation sites is 1. The fourth-order valence-corrected chi connectivity index (χ4v) is 2.54. The number of carbonyl (C=O) groups excluding carboxylic acids is 1. The van der Waals surface area contributed by atoms with E-state index in [0.717, 1.165) is 0 Å². The molecule has 110 valence electrons. The van der Waals surface area contributed by atoms with Crippen molar-refractivity contribution in [1.29, 1.82) is 0 Å². The van der Waals surface area contributed by atoms with Gasteiger partial charge in [0.1, 0.15) is 0 Å². The van der Waals surface area contributed by atoms with E-state index in [4.69, 9.17) is 16.2 Å². The molecule has 1 amide bonds. The predicted molar refractivity (Wildman–Crippen MR) is 77.6 cm³/mol. The van der Waals surface area contributed by atoms with Gasteiger partial charge < -0.3 is 26.2 Å². The third-order valence-electron chi connectivity index (χ3n) is 3.71. The number of nitrogens with zero attached hydrogens (tertiary/aromatic N) is 1. The first-order chi connectivity index (χ1) is 9.43. The highest BCUT2D eigenvalue weighted by Crippen LogP contribution is 2.29. The topological polar surface area (TPSA) is 102 Å². The maximum absolute atomic E-state index is 11.3. The molecule has 20 heavy (non-hydrogen) atoms. The average molecular weight is 279 g/mol. The number of nitrogens with two attached hydrogens (primary N) is 2. The predicted octanol–water partition coefficient (Wildman–Crippen LogP) is 0.345. The summed E-state index contributed by atoms with van der Waals surface area (Å²) in [7, 11) is 1.84. The summed E-state index contributed by atoms with van der Waals surface area (Å²) in [4.78, 5) is 13.2. The third-order valence-corrected chi connectivity index (χ3v) is 3.71. The van der Waals surface area contributed by atoms with E-state index in [1.807, 2.05) is 18.0 Å². The molecular formula is C14H21N3O3. The van der Waals surface area contributed by atoms with E-state index in [2.05, 4.69) is 0 Å². The maximum Gasteiger partial charge on any atom is 0.250 e. The smallest absolute Gasteiger partial charge is 0.250 e. The van der Waals surface area contributed by atoms with Crippen LogP contribution in [0.15, 0.2) is 18.2 Å². The van der Waals surface area contributed by atoms with Gasteiger partial charge in [0.05, 0.1) is 22.5 Å². The Balaban J connectivity index is 2.18. The number of rotatable bonds is 4. The number of nitrogen functional groups attached to an aromatic ring is 1. The van der Waals surface area contributed by atoms with Crippen molar-refractivity contribution in [1.82, 2.24) is 0 Å². The minimum atomic E-state index is -0.790. The van der Waals surface area contributed by atoms with Gasteiger partial charge in [0.2, 0.25) is 0 Å². The molecule has 6 heteroatoms. The van der Waals surface area contributed by atoms with Gasteiger partial charge in [-0.25, -0.2) is 0 Å². The molecule has 1 aliphatic rings. The molecule has 5 N–H and O–H groups in total. The number of carbonyl (C=O) groups is 1. The quantitative estimate of drug-likeness (QED) is 0.690. The third kappa shape index (κ3) is 3.02. The molecule has 0 unspecified atom stereocenters. The van der Waals surface area contributed by atoms with E-state index >= 15 is 0 Å². The second-order valence-corrected chi connectivity index (χ2v) is 5.30. The zero-order chi connectivity index (χ0) is 14.8. The summed E-state index contributed by atoms with van der Waals surface area (Å²) in [5, 5.41) is 10.5. The van der Waals surface area contributed by atoms with Crippen LogP contribution in [0.3, 0.4) is 0 Å². The maximum atomic E-state index is 11.3. The normalized spacial score (nSPS) is 17.7. The van der Waals surface area contributed by atoms with Crippen molar-refractivity contribution in [3.8, 4) is 0 Å². The first-order valence-corrected chi connectivity index (χ1v) is 6.62. The van der Waals surface area contributed by atoms with Crippen LogP contribution in [0.2, 0.25) is 0 Å². The van der Waals surface area contributed by atoms with Crippen LogP contribution < -0.4 is 16.4 Å². The van der Waals surface area contributed by atoms with Gasteiger partial charge in [-0.3, -0.25) is 4.79 Å². The van der Waals surface area contributed by atoms with E-state index < -0.39 is 11.5 Å². The molecule has 0 spiro atoms. The van der Waals surface area contributed by atoms with Gasteiger partial charge in [-0.05, 0) is 12.1 Å². The number of ether oxygens (including phenoxy) is 1. The number of likely N-dealkylation sites (N-methyl/N-ethyl adjacent to an activating group) is 1. The Morgan fingerprint density at radius 1 is 1.45 bits per heavy atom. The van der Waals surface area contributed by atoms with Crippen molar-refractivity contribution < 1.29 is 14.6 Å². The van der Waals surface area contributed by atoms with E-state index in [-0.39, 0.29) is 0 Å². The van der Waals surface area contributed by atoms with Crippen LogP contribution in [0.5, 0.6) is 0 Å². The first kappa shape index (κ1) is 14.6. The number of aliphatic hydroxyl groups is 1. The molecule has 1 saturated heterocycles. The summed E-state index contributed by atoms with van der Waals surface area (Å²) in [6.45, 7) is 1.55. The van der Waals surface area contributed by atoms with Crippen LogP contribution in [-0.2, 0) is 4.74 Å². The second-order valence-electron chi connectivity index (χ2n) is 5.30. The van der Waals surface area contributed by atoms with Crippen molar-refractivity contribution >= 4 is 17.3 Å². The van der Waals surface area contributed by atoms with Crippen LogP contribution in [0.1, 0.15) is 23.2 Å². The van der Waals surface area contributed by atoms with Gasteiger partial charge >= 0.3 is 0 Å². The van der Waals surface area contributed by atoms with Crippen molar-refractivity contribution in [2.24, 2.45) is 5.73 Å². The number of hydrogen-bond donors (Lipinski definition) is 3. The molecule has 1 aromatic carbocycles. The Morgan fingerprint density at radius 3 is 2.70 bits per heavy atom. The standard InChI is InChI=1S/C14H21N3O3/c1-17(9-14(19)5-7-20-8-6-14)11-4-2-3-10(12(11)15)13(16)18/h2-4,19H,5-9,15H2,1H3,(H2,16,18). The molecule has 0 aromatic heterocycles. The van der Waals surface area contributed by atoms with Gasteiger partial charge in [-0.1, -0.05) is 6.07 Å². The Kier molecular flexibility index (Phi) is 4.15. The molecule has 1 heterocycles. The molecule has 1 aromatic rings. The lowest BCUT2D eigenvalue weighted by Gasteiger charge is -2.36. The number of anilines is 2. The number of primary amides is 1. The van der Waals surface area contributed by atoms with E-state index in [0.29, 0.717) is 49.5 Å². The second kappa shape index (κ2) is 5.68. The minimum absolute atomic E-state index is 0.299. The monoisotopic (exact) mass is 279 g/mol. The number of amides is 1. The molecule has 6 nitrogen and oxygen atoms in total. The van der Waals surface area contributed by atoms with Crippen LogP contribution in [-0.4, -0.2) is 43.4 Å². The molecule has 0 aliphatic carbocycles. The summed E-state index contributed by atoms with van der Waals surface area (Å²) >= 11 is 0. The number of hydrogen-bond acceptors (Lipinski definition) is 5. The Labute approximate surface area is 118 Å². The average Bonchev–Trinajstić information content (AvgIpc) is 2.38. The van der Waals surface area contributed by atoms with Gasteiger partial charge in [-0.2, -0.15) is 0 Å². The zero-order valence-electron chi connectivity index (χ0n) is 11.6. The van der Waals surface area contributed by atoms with Crippen LogP contribution in [0.25, 0.3) is 0 Å². The van der Waals surface area contributed by atoms with Crippen molar-refractivity contribution in [3.63, 3.8) is 0 Å². The molecule has 1 fully saturated rings. The zero-order valence-corrected chi connectivity index (χ0v) is 11.6. The molecule has 0 atom stereocenters. The number of benzene rings is 1.